The van der Waals surface area contributed by atoms with Gasteiger partial charge < -0.3 is 24.2 Å². The monoisotopic (exact) mass is 441 g/mol. The fraction of sp³-hybridized carbons (Fsp3) is 0.458. The van der Waals surface area contributed by atoms with Gasteiger partial charge in [0.1, 0.15) is 0 Å². The highest BCUT2D eigenvalue weighted by Gasteiger charge is 2.30. The van der Waals surface area contributed by atoms with Crippen LogP contribution in [-0.4, -0.2) is 74.3 Å². The Labute approximate surface area is 186 Å². The highest BCUT2D eigenvalue weighted by molar-refractivity contribution is 7.51. The summed E-state index contributed by atoms with van der Waals surface area (Å²) in [6.45, 7) is 3.26. The van der Waals surface area contributed by atoms with Crippen LogP contribution >= 0.6 is 8.58 Å². The maximum absolute atomic E-state index is 13.0. The van der Waals surface area contributed by atoms with Crippen LogP contribution in [0.5, 0.6) is 11.5 Å². The molecule has 7 heteroatoms. The number of ether oxygens (including phenoxy) is 2. The number of allylic oxidation sites excluding steroid dienone is 1. The first-order valence-electron chi connectivity index (χ1n) is 10.8. The van der Waals surface area contributed by atoms with Crippen LogP contribution in [0.2, 0.25) is 0 Å². The molecule has 0 radical (unpaired) electrons. The Morgan fingerprint density at radius 3 is 2.55 bits per heavy atom. The number of nitrogens with zero attached hydrogens (tertiary/aromatic N) is 3. The normalized spacial score (nSPS) is 22.5. The van der Waals surface area contributed by atoms with Gasteiger partial charge in [0.05, 0.1) is 25.7 Å². The number of hydrogen-bond donors (Lipinski definition) is 0. The van der Waals surface area contributed by atoms with Crippen molar-refractivity contribution in [3.63, 3.8) is 0 Å². The fourth-order valence-corrected chi connectivity index (χ4v) is 5.89. The van der Waals surface area contributed by atoms with Crippen LogP contribution in [0.3, 0.4) is 0 Å². The van der Waals surface area contributed by atoms with Crippen molar-refractivity contribution in [3.8, 4) is 11.5 Å². The molecule has 3 aliphatic heterocycles. The summed E-state index contributed by atoms with van der Waals surface area (Å²) < 4.78 is 10.8. The lowest BCUT2D eigenvalue weighted by molar-refractivity contribution is -0.123. The number of hydrogen-bond acceptors (Lipinski definition) is 5. The van der Waals surface area contributed by atoms with Crippen molar-refractivity contribution in [1.29, 1.82) is 0 Å². The Morgan fingerprint density at radius 1 is 1.13 bits per heavy atom. The van der Waals surface area contributed by atoms with Crippen LogP contribution < -0.4 is 9.47 Å². The number of piperidine rings is 1. The molecule has 1 amide bonds. The molecule has 3 heterocycles. The van der Waals surface area contributed by atoms with E-state index in [1.165, 1.54) is 12.8 Å². The number of fused-ring (bicyclic) bond motifs is 1. The fourth-order valence-electron chi connectivity index (χ4n) is 4.51. The number of amides is 1. The van der Waals surface area contributed by atoms with E-state index in [9.17, 15) is 4.79 Å². The third-order valence-electron chi connectivity index (χ3n) is 6.14. The van der Waals surface area contributed by atoms with E-state index in [1.54, 1.807) is 20.3 Å². The summed E-state index contributed by atoms with van der Waals surface area (Å²) >= 11 is 0. The Morgan fingerprint density at radius 2 is 1.87 bits per heavy atom. The third kappa shape index (κ3) is 4.81. The van der Waals surface area contributed by atoms with E-state index >= 15 is 0 Å². The van der Waals surface area contributed by atoms with E-state index < -0.39 is 0 Å². The molecule has 0 aliphatic carbocycles. The van der Waals surface area contributed by atoms with Gasteiger partial charge >= 0.3 is 0 Å². The predicted molar refractivity (Wildman–Crippen MR) is 127 cm³/mol. The van der Waals surface area contributed by atoms with Crippen molar-refractivity contribution in [2.24, 2.45) is 5.92 Å². The second-order valence-electron chi connectivity index (χ2n) is 8.57. The van der Waals surface area contributed by atoms with Gasteiger partial charge in [-0.1, -0.05) is 20.7 Å². The average Bonchev–Trinajstić information content (AvgIpc) is 2.78. The van der Waals surface area contributed by atoms with E-state index in [0.29, 0.717) is 20.1 Å². The van der Waals surface area contributed by atoms with Crippen LogP contribution in [0.4, 0.5) is 0 Å². The van der Waals surface area contributed by atoms with Gasteiger partial charge in [-0.05, 0) is 61.9 Å². The molecule has 2 atom stereocenters. The summed E-state index contributed by atoms with van der Waals surface area (Å²) in [6, 6.07) is 5.84. The van der Waals surface area contributed by atoms with Gasteiger partial charge in [-0.2, -0.15) is 0 Å². The van der Waals surface area contributed by atoms with Crippen LogP contribution in [0, 0.1) is 5.92 Å². The van der Waals surface area contributed by atoms with Crippen molar-refractivity contribution in [2.75, 3.05) is 47.9 Å². The van der Waals surface area contributed by atoms with E-state index in [4.69, 9.17) is 9.47 Å². The lowest BCUT2D eigenvalue weighted by atomic mass is 9.96. The summed E-state index contributed by atoms with van der Waals surface area (Å²) in [7, 11) is 8.03. The SMILES string of the molecule is COc1ccc(C2=CC(=O)N3C=C(N4CCC(CN(C)C)CC4)C=CC3P2)cc1OC. The van der Waals surface area contributed by atoms with E-state index in [1.807, 2.05) is 29.3 Å². The third-order valence-corrected chi connectivity index (χ3v) is 7.65. The molecule has 0 aromatic heterocycles. The van der Waals surface area contributed by atoms with Gasteiger partial charge in [0.15, 0.2) is 11.5 Å². The van der Waals surface area contributed by atoms with Gasteiger partial charge in [-0.3, -0.25) is 4.79 Å². The zero-order chi connectivity index (χ0) is 22.0. The molecule has 31 heavy (non-hydrogen) atoms. The number of benzene rings is 1. The first kappa shape index (κ1) is 21.9. The smallest absolute Gasteiger partial charge is 0.252 e. The zero-order valence-corrected chi connectivity index (χ0v) is 19.8. The zero-order valence-electron chi connectivity index (χ0n) is 18.8. The summed E-state index contributed by atoms with van der Waals surface area (Å²) in [6.07, 6.45) is 10.6. The maximum Gasteiger partial charge on any atom is 0.252 e. The first-order valence-corrected chi connectivity index (χ1v) is 11.9. The highest BCUT2D eigenvalue weighted by atomic mass is 31.1. The molecule has 4 rings (SSSR count). The lowest BCUT2D eigenvalue weighted by Crippen LogP contribution is -2.40. The molecular weight excluding hydrogens is 409 g/mol. The molecule has 1 fully saturated rings. The Kier molecular flexibility index (Phi) is 6.68. The number of carbonyl (C=O) groups excluding carboxylic acids is 1. The minimum absolute atomic E-state index is 0.0397. The molecule has 0 N–H and O–H groups in total. The first-order chi connectivity index (χ1) is 15.0. The van der Waals surface area contributed by atoms with Crippen LogP contribution in [0.1, 0.15) is 18.4 Å². The largest absolute Gasteiger partial charge is 0.493 e. The van der Waals surface area contributed by atoms with Crippen molar-refractivity contribution in [2.45, 2.75) is 18.6 Å². The van der Waals surface area contributed by atoms with Crippen molar-refractivity contribution >= 4 is 19.8 Å². The van der Waals surface area contributed by atoms with Gasteiger partial charge in [0.2, 0.25) is 0 Å². The topological polar surface area (TPSA) is 45.2 Å². The van der Waals surface area contributed by atoms with E-state index in [-0.39, 0.29) is 11.7 Å². The minimum Gasteiger partial charge on any atom is -0.493 e. The molecule has 6 nitrogen and oxygen atoms in total. The summed E-state index contributed by atoms with van der Waals surface area (Å²) in [5.41, 5.74) is 2.16. The molecule has 1 saturated heterocycles. The number of carbonyl (C=O) groups is 1. The quantitative estimate of drug-likeness (QED) is 0.632. The minimum atomic E-state index is 0.0397. The van der Waals surface area contributed by atoms with Crippen LogP contribution in [0.15, 0.2) is 48.3 Å². The standard InChI is InChI=1S/C24H32N3O3P/c1-25(2)15-17-9-11-26(12-10-17)19-6-8-24-27(16-19)23(28)14-22(31-24)18-5-7-20(29-3)21(13-18)30-4/h5-8,13-14,16-17,24,31H,9-12,15H2,1-4H3. The van der Waals surface area contributed by atoms with Crippen LogP contribution in [0.25, 0.3) is 5.31 Å². The van der Waals surface area contributed by atoms with Crippen molar-refractivity contribution in [1.82, 2.24) is 14.7 Å². The molecule has 0 saturated carbocycles. The maximum atomic E-state index is 13.0. The van der Waals surface area contributed by atoms with Gasteiger partial charge in [0, 0.05) is 31.9 Å². The predicted octanol–water partition coefficient (Wildman–Crippen LogP) is 3.58. The molecule has 1 aromatic carbocycles. The molecule has 1 aromatic rings. The Hall–Kier alpha value is -2.30. The number of rotatable bonds is 6. The highest BCUT2D eigenvalue weighted by Crippen LogP contribution is 2.46. The molecule has 2 unspecified atom stereocenters. The number of likely N-dealkylation sites (tertiary alicyclic amines) is 1. The number of methoxy groups -OCH3 is 2. The van der Waals surface area contributed by atoms with Gasteiger partial charge in [-0.25, -0.2) is 0 Å². The van der Waals surface area contributed by atoms with E-state index in [0.717, 1.165) is 42.1 Å². The molecule has 3 aliphatic rings. The second kappa shape index (κ2) is 9.46. The second-order valence-corrected chi connectivity index (χ2v) is 9.99. The van der Waals surface area contributed by atoms with Gasteiger partial charge in [0.25, 0.3) is 5.91 Å². The summed E-state index contributed by atoms with van der Waals surface area (Å²) in [5, 5.41) is 1.05. The summed E-state index contributed by atoms with van der Waals surface area (Å²) in [4.78, 5) is 19.6. The Bertz CT molecular complexity index is 917. The lowest BCUT2D eigenvalue weighted by Gasteiger charge is -2.39. The van der Waals surface area contributed by atoms with Crippen molar-refractivity contribution < 1.29 is 14.3 Å². The average molecular weight is 442 g/mol. The van der Waals surface area contributed by atoms with Gasteiger partial charge in [-0.15, -0.1) is 0 Å². The molecule has 0 spiro atoms. The Balaban J connectivity index is 1.47. The van der Waals surface area contributed by atoms with Crippen LogP contribution in [-0.2, 0) is 4.79 Å². The molecule has 166 valence electrons. The van der Waals surface area contributed by atoms with Crippen molar-refractivity contribution in [3.05, 3.63) is 53.9 Å². The van der Waals surface area contributed by atoms with E-state index in [2.05, 4.69) is 36.0 Å². The molecule has 0 bridgehead atoms. The summed E-state index contributed by atoms with van der Waals surface area (Å²) in [5.74, 6) is 2.25. The molecular formula is C24H32N3O3P.